The molecule has 0 amide bonds. The van der Waals surface area contributed by atoms with Gasteiger partial charge in [0.15, 0.2) is 0 Å². The van der Waals surface area contributed by atoms with Crippen molar-refractivity contribution < 1.29 is 9.53 Å². The van der Waals surface area contributed by atoms with Gasteiger partial charge in [0.05, 0.1) is 7.11 Å². The SMILES string of the molecule is COC(=O)C(C1CC1)N1CCC2CCCCC2C1. The average molecular weight is 251 g/mol. The Morgan fingerprint density at radius 1 is 1.11 bits per heavy atom. The summed E-state index contributed by atoms with van der Waals surface area (Å²) in [6, 6.07) is 0.0675. The van der Waals surface area contributed by atoms with Crippen molar-refractivity contribution in [1.82, 2.24) is 4.90 Å². The van der Waals surface area contributed by atoms with E-state index >= 15 is 0 Å². The van der Waals surface area contributed by atoms with Gasteiger partial charge in [-0.05, 0) is 50.0 Å². The minimum absolute atomic E-state index is 0.00626. The van der Waals surface area contributed by atoms with E-state index in [1.54, 1.807) is 0 Å². The lowest BCUT2D eigenvalue weighted by molar-refractivity contribution is -0.149. The molecular weight excluding hydrogens is 226 g/mol. The van der Waals surface area contributed by atoms with Gasteiger partial charge in [-0.2, -0.15) is 0 Å². The fourth-order valence-electron chi connectivity index (χ4n) is 4.05. The van der Waals surface area contributed by atoms with E-state index < -0.39 is 0 Å². The summed E-state index contributed by atoms with van der Waals surface area (Å²) in [5.74, 6) is 2.37. The van der Waals surface area contributed by atoms with E-state index in [2.05, 4.69) is 4.90 Å². The zero-order valence-electron chi connectivity index (χ0n) is 11.4. The van der Waals surface area contributed by atoms with Gasteiger partial charge in [0.25, 0.3) is 0 Å². The highest BCUT2D eigenvalue weighted by Gasteiger charge is 2.43. The van der Waals surface area contributed by atoms with Crippen LogP contribution in [0.1, 0.15) is 44.9 Å². The molecule has 0 radical (unpaired) electrons. The summed E-state index contributed by atoms with van der Waals surface area (Å²) in [7, 11) is 1.53. The fraction of sp³-hybridized carbons (Fsp3) is 0.933. The van der Waals surface area contributed by atoms with Crippen molar-refractivity contribution in [3.05, 3.63) is 0 Å². The highest BCUT2D eigenvalue weighted by molar-refractivity contribution is 5.76. The molecule has 3 aliphatic rings. The number of esters is 1. The van der Waals surface area contributed by atoms with Crippen LogP contribution >= 0.6 is 0 Å². The molecular formula is C15H25NO2. The van der Waals surface area contributed by atoms with Crippen molar-refractivity contribution in [2.24, 2.45) is 17.8 Å². The molecule has 2 aliphatic carbocycles. The first kappa shape index (κ1) is 12.5. The van der Waals surface area contributed by atoms with E-state index in [0.717, 1.165) is 24.9 Å². The number of rotatable bonds is 3. The minimum atomic E-state index is 0.00626. The molecule has 2 saturated carbocycles. The summed E-state index contributed by atoms with van der Waals surface area (Å²) in [4.78, 5) is 14.4. The third kappa shape index (κ3) is 2.42. The molecule has 1 heterocycles. The number of hydrogen-bond donors (Lipinski definition) is 0. The molecule has 18 heavy (non-hydrogen) atoms. The summed E-state index contributed by atoms with van der Waals surface area (Å²) in [5.41, 5.74) is 0. The van der Waals surface area contributed by atoms with E-state index in [9.17, 15) is 4.79 Å². The number of piperidine rings is 1. The molecule has 3 fully saturated rings. The molecule has 3 atom stereocenters. The van der Waals surface area contributed by atoms with Crippen LogP contribution in [0.3, 0.4) is 0 Å². The van der Waals surface area contributed by atoms with Crippen LogP contribution in [-0.4, -0.2) is 37.1 Å². The fourth-order valence-corrected chi connectivity index (χ4v) is 4.05. The van der Waals surface area contributed by atoms with Crippen molar-refractivity contribution in [3.63, 3.8) is 0 Å². The number of fused-ring (bicyclic) bond motifs is 1. The van der Waals surface area contributed by atoms with Gasteiger partial charge in [-0.3, -0.25) is 9.69 Å². The van der Waals surface area contributed by atoms with Crippen LogP contribution in [0.25, 0.3) is 0 Å². The number of hydrogen-bond acceptors (Lipinski definition) is 3. The first-order valence-corrected chi connectivity index (χ1v) is 7.61. The molecule has 0 bridgehead atoms. The number of likely N-dealkylation sites (tertiary alicyclic amines) is 1. The zero-order chi connectivity index (χ0) is 12.5. The van der Waals surface area contributed by atoms with Crippen molar-refractivity contribution in [1.29, 1.82) is 0 Å². The quantitative estimate of drug-likeness (QED) is 0.722. The number of methoxy groups -OCH3 is 1. The smallest absolute Gasteiger partial charge is 0.323 e. The molecule has 0 N–H and O–H groups in total. The number of carbonyl (C=O) groups is 1. The van der Waals surface area contributed by atoms with Gasteiger partial charge in [-0.1, -0.05) is 19.3 Å². The van der Waals surface area contributed by atoms with E-state index in [4.69, 9.17) is 4.74 Å². The average Bonchev–Trinajstić information content (AvgIpc) is 3.23. The maximum absolute atomic E-state index is 12.0. The third-order valence-electron chi connectivity index (χ3n) is 5.23. The second-order valence-corrected chi connectivity index (χ2v) is 6.39. The van der Waals surface area contributed by atoms with Crippen LogP contribution in [0.15, 0.2) is 0 Å². The summed E-state index contributed by atoms with van der Waals surface area (Å²) < 4.78 is 5.02. The predicted molar refractivity (Wildman–Crippen MR) is 70.2 cm³/mol. The lowest BCUT2D eigenvalue weighted by atomic mass is 9.74. The Kier molecular flexibility index (Phi) is 3.60. The van der Waals surface area contributed by atoms with E-state index in [1.165, 1.54) is 52.1 Å². The first-order chi connectivity index (χ1) is 8.79. The van der Waals surface area contributed by atoms with Crippen LogP contribution in [0.5, 0.6) is 0 Å². The third-order valence-corrected chi connectivity index (χ3v) is 5.23. The molecule has 3 rings (SSSR count). The monoisotopic (exact) mass is 251 g/mol. The Balaban J connectivity index is 1.66. The number of nitrogens with zero attached hydrogens (tertiary/aromatic N) is 1. The van der Waals surface area contributed by atoms with Crippen LogP contribution in [0.4, 0.5) is 0 Å². The standard InChI is InChI=1S/C15H25NO2/c1-18-15(17)14(12-6-7-12)16-9-8-11-4-2-3-5-13(11)10-16/h11-14H,2-10H2,1H3. The van der Waals surface area contributed by atoms with E-state index in [-0.39, 0.29) is 12.0 Å². The van der Waals surface area contributed by atoms with Crippen molar-refractivity contribution in [2.45, 2.75) is 51.0 Å². The molecule has 1 saturated heterocycles. The largest absolute Gasteiger partial charge is 0.468 e. The van der Waals surface area contributed by atoms with Gasteiger partial charge in [-0.15, -0.1) is 0 Å². The molecule has 1 aliphatic heterocycles. The molecule has 3 nitrogen and oxygen atoms in total. The Morgan fingerprint density at radius 3 is 2.50 bits per heavy atom. The highest BCUT2D eigenvalue weighted by atomic mass is 16.5. The van der Waals surface area contributed by atoms with Gasteiger partial charge < -0.3 is 4.74 Å². The topological polar surface area (TPSA) is 29.5 Å². The first-order valence-electron chi connectivity index (χ1n) is 7.61. The van der Waals surface area contributed by atoms with Crippen LogP contribution in [0.2, 0.25) is 0 Å². The van der Waals surface area contributed by atoms with Gasteiger partial charge in [0.1, 0.15) is 6.04 Å². The van der Waals surface area contributed by atoms with E-state index in [0.29, 0.717) is 5.92 Å². The van der Waals surface area contributed by atoms with Gasteiger partial charge in [-0.25, -0.2) is 0 Å². The Morgan fingerprint density at radius 2 is 1.83 bits per heavy atom. The van der Waals surface area contributed by atoms with Crippen molar-refractivity contribution in [3.8, 4) is 0 Å². The van der Waals surface area contributed by atoms with Gasteiger partial charge >= 0.3 is 5.97 Å². The maximum Gasteiger partial charge on any atom is 0.323 e. The summed E-state index contributed by atoms with van der Waals surface area (Å²) >= 11 is 0. The molecule has 0 aromatic carbocycles. The van der Waals surface area contributed by atoms with Crippen LogP contribution in [-0.2, 0) is 9.53 Å². The second-order valence-electron chi connectivity index (χ2n) is 6.39. The van der Waals surface area contributed by atoms with Crippen molar-refractivity contribution in [2.75, 3.05) is 20.2 Å². The zero-order valence-corrected chi connectivity index (χ0v) is 11.4. The maximum atomic E-state index is 12.0. The summed E-state index contributed by atoms with van der Waals surface area (Å²) in [6.45, 7) is 2.25. The van der Waals surface area contributed by atoms with Crippen LogP contribution < -0.4 is 0 Å². The molecule has 3 heteroatoms. The molecule has 3 unspecified atom stereocenters. The molecule has 0 spiro atoms. The predicted octanol–water partition coefficient (Wildman–Crippen LogP) is 2.45. The Bertz CT molecular complexity index is 314. The lowest BCUT2D eigenvalue weighted by Gasteiger charge is -2.43. The summed E-state index contributed by atoms with van der Waals surface area (Å²) in [5, 5.41) is 0. The lowest BCUT2D eigenvalue weighted by Crippen LogP contribution is -2.51. The number of ether oxygens (including phenoxy) is 1. The molecule has 0 aromatic heterocycles. The highest BCUT2D eigenvalue weighted by Crippen LogP contribution is 2.41. The van der Waals surface area contributed by atoms with Gasteiger partial charge in [0, 0.05) is 6.54 Å². The normalized spacial score (nSPS) is 34.7. The molecule has 102 valence electrons. The number of carbonyl (C=O) groups excluding carboxylic acids is 1. The van der Waals surface area contributed by atoms with Crippen molar-refractivity contribution >= 4 is 5.97 Å². The molecule has 0 aromatic rings. The minimum Gasteiger partial charge on any atom is -0.468 e. The van der Waals surface area contributed by atoms with Crippen LogP contribution in [0, 0.1) is 17.8 Å². The van der Waals surface area contributed by atoms with E-state index in [1.807, 2.05) is 0 Å². The Labute approximate surface area is 110 Å². The summed E-state index contributed by atoms with van der Waals surface area (Å²) in [6.07, 6.45) is 9.33. The second kappa shape index (κ2) is 5.20. The Hall–Kier alpha value is -0.570. The van der Waals surface area contributed by atoms with Gasteiger partial charge in [0.2, 0.25) is 0 Å².